The summed E-state index contributed by atoms with van der Waals surface area (Å²) in [7, 11) is 0. The Labute approximate surface area is 200 Å². The molecule has 34 heavy (non-hydrogen) atoms. The molecule has 1 amide bonds. The molecule has 0 bridgehead atoms. The summed E-state index contributed by atoms with van der Waals surface area (Å²) in [5.74, 6) is 0.537. The standard InChI is InChI=1S/C27H25F3N2OS/c28-27(29,30)21-9-7-19(8-10-21)17-32-18-24(23-5-1-2-6-25(23)32)20-11-13-31(14-12-20)26(33)16-22-4-3-15-34-22/h1-10,15,18,20H,11-14,16-17H2. The topological polar surface area (TPSA) is 25.2 Å². The lowest BCUT2D eigenvalue weighted by atomic mass is 9.89. The van der Waals surface area contributed by atoms with Gasteiger partial charge in [0.15, 0.2) is 0 Å². The fraction of sp³-hybridized carbons (Fsp3) is 0.296. The summed E-state index contributed by atoms with van der Waals surface area (Å²) in [5.41, 5.74) is 2.53. The highest BCUT2D eigenvalue weighted by Crippen LogP contribution is 2.35. The third kappa shape index (κ3) is 4.75. The second-order valence-electron chi connectivity index (χ2n) is 8.84. The maximum atomic E-state index is 12.9. The van der Waals surface area contributed by atoms with Crippen LogP contribution >= 0.6 is 11.3 Å². The molecule has 1 aliphatic rings. The van der Waals surface area contributed by atoms with Gasteiger partial charge in [0.1, 0.15) is 0 Å². The van der Waals surface area contributed by atoms with Gasteiger partial charge in [-0.05, 0) is 59.5 Å². The number of halogens is 3. The van der Waals surface area contributed by atoms with Crippen molar-refractivity contribution in [2.45, 2.75) is 37.9 Å². The lowest BCUT2D eigenvalue weighted by Gasteiger charge is -2.32. The van der Waals surface area contributed by atoms with E-state index in [1.54, 1.807) is 23.5 Å². The highest BCUT2D eigenvalue weighted by molar-refractivity contribution is 7.10. The van der Waals surface area contributed by atoms with Gasteiger partial charge in [0.05, 0.1) is 12.0 Å². The molecule has 7 heteroatoms. The summed E-state index contributed by atoms with van der Waals surface area (Å²) >= 11 is 1.61. The maximum Gasteiger partial charge on any atom is 0.416 e. The zero-order valence-corrected chi connectivity index (χ0v) is 19.4. The summed E-state index contributed by atoms with van der Waals surface area (Å²) in [5, 5.41) is 3.17. The van der Waals surface area contributed by atoms with Crippen LogP contribution in [0.1, 0.15) is 40.3 Å². The zero-order valence-electron chi connectivity index (χ0n) is 18.6. The number of hydrogen-bond acceptors (Lipinski definition) is 2. The second kappa shape index (κ2) is 9.29. The number of nitrogens with zero attached hydrogens (tertiary/aromatic N) is 2. The molecule has 0 aliphatic carbocycles. The third-order valence-corrected chi connectivity index (χ3v) is 7.52. The van der Waals surface area contributed by atoms with Crippen LogP contribution in [0.2, 0.25) is 0 Å². The number of alkyl halides is 3. The maximum absolute atomic E-state index is 12.9. The number of likely N-dealkylation sites (tertiary alicyclic amines) is 1. The van der Waals surface area contributed by atoms with Crippen LogP contribution in [0.25, 0.3) is 10.9 Å². The molecule has 0 N–H and O–H groups in total. The van der Waals surface area contributed by atoms with Crippen molar-refractivity contribution in [3.05, 3.63) is 93.8 Å². The number of fused-ring (bicyclic) bond motifs is 1. The minimum Gasteiger partial charge on any atom is -0.343 e. The Hall–Kier alpha value is -3.06. The number of piperidine rings is 1. The first-order valence-corrected chi connectivity index (χ1v) is 12.3. The van der Waals surface area contributed by atoms with E-state index < -0.39 is 11.7 Å². The predicted molar refractivity (Wildman–Crippen MR) is 129 cm³/mol. The monoisotopic (exact) mass is 482 g/mol. The van der Waals surface area contributed by atoms with Gasteiger partial charge >= 0.3 is 6.18 Å². The smallest absolute Gasteiger partial charge is 0.343 e. The lowest BCUT2D eigenvalue weighted by Crippen LogP contribution is -2.38. The van der Waals surface area contributed by atoms with Crippen molar-refractivity contribution in [2.24, 2.45) is 0 Å². The molecule has 5 rings (SSSR count). The van der Waals surface area contributed by atoms with Crippen molar-refractivity contribution >= 4 is 28.1 Å². The van der Waals surface area contributed by atoms with Gasteiger partial charge in [-0.25, -0.2) is 0 Å². The Balaban J connectivity index is 1.31. The summed E-state index contributed by atoms with van der Waals surface area (Å²) in [6, 6.07) is 17.5. The van der Waals surface area contributed by atoms with Crippen LogP contribution in [0.5, 0.6) is 0 Å². The molecule has 3 nitrogen and oxygen atoms in total. The number of thiophene rings is 1. The van der Waals surface area contributed by atoms with E-state index in [0.29, 0.717) is 18.9 Å². The summed E-state index contributed by atoms with van der Waals surface area (Å²) in [4.78, 5) is 15.7. The van der Waals surface area contributed by atoms with Gasteiger partial charge in [0, 0.05) is 41.6 Å². The van der Waals surface area contributed by atoms with Crippen molar-refractivity contribution in [3.63, 3.8) is 0 Å². The zero-order chi connectivity index (χ0) is 23.7. The molecule has 3 heterocycles. The molecule has 0 atom stereocenters. The Morgan fingerprint density at radius 2 is 1.71 bits per heavy atom. The van der Waals surface area contributed by atoms with E-state index in [0.717, 1.165) is 54.0 Å². The van der Waals surface area contributed by atoms with E-state index in [4.69, 9.17) is 0 Å². The minimum atomic E-state index is -4.33. The SMILES string of the molecule is O=C(Cc1cccs1)N1CCC(c2cn(Cc3ccc(C(F)(F)F)cc3)c3ccccc23)CC1. The minimum absolute atomic E-state index is 0.186. The molecule has 2 aromatic heterocycles. The largest absolute Gasteiger partial charge is 0.416 e. The van der Waals surface area contributed by atoms with E-state index in [-0.39, 0.29) is 5.91 Å². The molecular weight excluding hydrogens is 457 g/mol. The molecule has 2 aromatic carbocycles. The first-order valence-electron chi connectivity index (χ1n) is 11.4. The van der Waals surface area contributed by atoms with E-state index in [2.05, 4.69) is 22.9 Å². The predicted octanol–water partition coefficient (Wildman–Crippen LogP) is 6.72. The van der Waals surface area contributed by atoms with Crippen molar-refractivity contribution in [1.29, 1.82) is 0 Å². The first-order chi connectivity index (χ1) is 16.4. The second-order valence-corrected chi connectivity index (χ2v) is 9.87. The van der Waals surface area contributed by atoms with Gasteiger partial charge in [0.25, 0.3) is 0 Å². The first kappa shape index (κ1) is 22.7. The van der Waals surface area contributed by atoms with Crippen LogP contribution in [0.4, 0.5) is 13.2 Å². The summed E-state index contributed by atoms with van der Waals surface area (Å²) in [6.45, 7) is 2.00. The number of carbonyl (C=O) groups is 1. The van der Waals surface area contributed by atoms with Gasteiger partial charge in [0.2, 0.25) is 5.91 Å². The van der Waals surface area contributed by atoms with Gasteiger partial charge < -0.3 is 9.47 Å². The number of hydrogen-bond donors (Lipinski definition) is 0. The molecule has 0 saturated carbocycles. The highest BCUT2D eigenvalue weighted by Gasteiger charge is 2.30. The van der Waals surface area contributed by atoms with Gasteiger partial charge in [-0.2, -0.15) is 13.2 Å². The molecule has 1 saturated heterocycles. The number of carbonyl (C=O) groups excluding carboxylic acids is 1. The van der Waals surface area contributed by atoms with Crippen molar-refractivity contribution in [1.82, 2.24) is 9.47 Å². The molecular formula is C27H25F3N2OS. The van der Waals surface area contributed by atoms with Crippen LogP contribution < -0.4 is 0 Å². The van der Waals surface area contributed by atoms with Crippen molar-refractivity contribution < 1.29 is 18.0 Å². The Morgan fingerprint density at radius 1 is 0.971 bits per heavy atom. The quantitative estimate of drug-likeness (QED) is 0.310. The average molecular weight is 483 g/mol. The van der Waals surface area contributed by atoms with Gasteiger partial charge in [-0.15, -0.1) is 11.3 Å². The van der Waals surface area contributed by atoms with E-state index >= 15 is 0 Å². The van der Waals surface area contributed by atoms with E-state index in [1.165, 1.54) is 10.9 Å². The Kier molecular flexibility index (Phi) is 6.21. The lowest BCUT2D eigenvalue weighted by molar-refractivity contribution is -0.137. The molecule has 4 aromatic rings. The number of rotatable bonds is 5. The molecule has 0 radical (unpaired) electrons. The van der Waals surface area contributed by atoms with Crippen molar-refractivity contribution in [3.8, 4) is 0 Å². The number of para-hydroxylation sites is 1. The van der Waals surface area contributed by atoms with Crippen LogP contribution in [-0.2, 0) is 23.9 Å². The Morgan fingerprint density at radius 3 is 2.38 bits per heavy atom. The fourth-order valence-electron chi connectivity index (χ4n) is 4.84. The normalized spacial score (nSPS) is 15.2. The highest BCUT2D eigenvalue weighted by atomic mass is 32.1. The van der Waals surface area contributed by atoms with Gasteiger partial charge in [-0.1, -0.05) is 36.4 Å². The van der Waals surface area contributed by atoms with Crippen LogP contribution in [0.15, 0.2) is 72.2 Å². The molecule has 1 aliphatic heterocycles. The fourth-order valence-corrected chi connectivity index (χ4v) is 5.54. The molecule has 176 valence electrons. The number of amides is 1. The van der Waals surface area contributed by atoms with Crippen LogP contribution in [-0.4, -0.2) is 28.5 Å². The van der Waals surface area contributed by atoms with Crippen molar-refractivity contribution in [2.75, 3.05) is 13.1 Å². The number of benzene rings is 2. The van der Waals surface area contributed by atoms with E-state index in [9.17, 15) is 18.0 Å². The summed E-state index contributed by atoms with van der Waals surface area (Å²) < 4.78 is 40.8. The number of aromatic nitrogens is 1. The summed E-state index contributed by atoms with van der Waals surface area (Å²) in [6.07, 6.45) is 0.103. The van der Waals surface area contributed by atoms with Crippen LogP contribution in [0.3, 0.4) is 0 Å². The molecule has 0 unspecified atom stereocenters. The van der Waals surface area contributed by atoms with Gasteiger partial charge in [-0.3, -0.25) is 4.79 Å². The Bertz CT molecular complexity index is 1270. The molecule has 1 fully saturated rings. The van der Waals surface area contributed by atoms with E-state index in [1.807, 2.05) is 34.5 Å². The average Bonchev–Trinajstić information content (AvgIpc) is 3.47. The molecule has 0 spiro atoms. The third-order valence-electron chi connectivity index (χ3n) is 6.65. The van der Waals surface area contributed by atoms with Crippen LogP contribution in [0, 0.1) is 0 Å².